The summed E-state index contributed by atoms with van der Waals surface area (Å²) >= 11 is 0. The lowest BCUT2D eigenvalue weighted by atomic mass is 9.94. The van der Waals surface area contributed by atoms with Gasteiger partial charge in [0.1, 0.15) is 0 Å². The normalized spacial score (nSPS) is 15.9. The second-order valence-electron chi connectivity index (χ2n) is 6.70. The number of nitrogens with two attached hydrogens (primary N) is 1. The largest absolute Gasteiger partial charge is 0.378 e. The topological polar surface area (TPSA) is 84.7 Å². The zero-order valence-electron chi connectivity index (χ0n) is 15.8. The van der Waals surface area contributed by atoms with Crippen LogP contribution < -0.4 is 11.1 Å². The number of rotatable bonds is 5. The Kier molecular flexibility index (Phi) is 7.99. The van der Waals surface area contributed by atoms with Gasteiger partial charge in [-0.25, -0.2) is 0 Å². The number of ether oxygens (including phenoxy) is 1. The lowest BCUT2D eigenvalue weighted by Crippen LogP contribution is -2.40. The number of nitrogens with one attached hydrogen (secondary N) is 1. The number of hydrogen-bond acceptors (Lipinski definition) is 4. The van der Waals surface area contributed by atoms with E-state index in [-0.39, 0.29) is 36.2 Å². The molecule has 6 nitrogen and oxygen atoms in total. The van der Waals surface area contributed by atoms with Crippen molar-refractivity contribution in [1.82, 2.24) is 4.90 Å². The van der Waals surface area contributed by atoms with Gasteiger partial charge in [-0.05, 0) is 29.8 Å². The molecule has 0 bridgehead atoms. The Morgan fingerprint density at radius 2 is 1.64 bits per heavy atom. The molecule has 150 valence electrons. The highest BCUT2D eigenvalue weighted by molar-refractivity contribution is 5.96. The molecule has 0 aromatic heterocycles. The minimum absolute atomic E-state index is 0. The van der Waals surface area contributed by atoms with Gasteiger partial charge in [-0.3, -0.25) is 9.59 Å². The van der Waals surface area contributed by atoms with Crippen molar-refractivity contribution in [1.29, 1.82) is 0 Å². The van der Waals surface area contributed by atoms with Gasteiger partial charge in [0.05, 0.1) is 19.1 Å². The molecule has 2 aromatic carbocycles. The number of benzene rings is 2. The van der Waals surface area contributed by atoms with Crippen LogP contribution in [0.2, 0.25) is 0 Å². The molecule has 2 aromatic rings. The fourth-order valence-electron chi connectivity index (χ4n) is 3.03. The van der Waals surface area contributed by atoms with E-state index >= 15 is 0 Å². The van der Waals surface area contributed by atoms with Crippen molar-refractivity contribution in [2.75, 3.05) is 31.6 Å². The van der Waals surface area contributed by atoms with Gasteiger partial charge >= 0.3 is 0 Å². The molecule has 28 heavy (non-hydrogen) atoms. The SMILES string of the molecule is CC(C(=O)Nc1ccc(C(=O)N2CCOCC2)cc1)C(N)c1ccccc1.Cl. The smallest absolute Gasteiger partial charge is 0.254 e. The van der Waals surface area contributed by atoms with Crippen LogP contribution in [0.4, 0.5) is 5.69 Å². The summed E-state index contributed by atoms with van der Waals surface area (Å²) < 4.78 is 5.27. The number of amides is 2. The number of nitrogens with zero attached hydrogens (tertiary/aromatic N) is 1. The van der Waals surface area contributed by atoms with Crippen molar-refractivity contribution in [2.24, 2.45) is 11.7 Å². The second-order valence-corrected chi connectivity index (χ2v) is 6.70. The monoisotopic (exact) mass is 403 g/mol. The molecule has 1 saturated heterocycles. The third-order valence-electron chi connectivity index (χ3n) is 4.83. The van der Waals surface area contributed by atoms with Crippen molar-refractivity contribution in [3.05, 3.63) is 65.7 Å². The lowest BCUT2D eigenvalue weighted by Gasteiger charge is -2.27. The first-order valence-electron chi connectivity index (χ1n) is 9.15. The molecule has 3 rings (SSSR count). The molecule has 0 radical (unpaired) electrons. The quantitative estimate of drug-likeness (QED) is 0.803. The summed E-state index contributed by atoms with van der Waals surface area (Å²) in [5.41, 5.74) is 8.39. The average molecular weight is 404 g/mol. The summed E-state index contributed by atoms with van der Waals surface area (Å²) in [4.78, 5) is 26.7. The van der Waals surface area contributed by atoms with Gasteiger partial charge in [0.15, 0.2) is 0 Å². The molecule has 7 heteroatoms. The van der Waals surface area contributed by atoms with Gasteiger partial charge in [0.25, 0.3) is 5.91 Å². The molecule has 3 N–H and O–H groups in total. The van der Waals surface area contributed by atoms with Crippen LogP contribution in [0, 0.1) is 5.92 Å². The van der Waals surface area contributed by atoms with Crippen molar-refractivity contribution in [3.63, 3.8) is 0 Å². The van der Waals surface area contributed by atoms with Crippen molar-refractivity contribution in [3.8, 4) is 0 Å². The van der Waals surface area contributed by atoms with Crippen LogP contribution in [-0.2, 0) is 9.53 Å². The van der Waals surface area contributed by atoms with Gasteiger partial charge in [-0.1, -0.05) is 37.3 Å². The number of carbonyl (C=O) groups is 2. The van der Waals surface area contributed by atoms with E-state index in [1.54, 1.807) is 29.2 Å². The maximum atomic E-state index is 12.5. The Hall–Kier alpha value is -2.41. The Balaban J connectivity index is 0.00000280. The number of carbonyl (C=O) groups excluding carboxylic acids is 2. The van der Waals surface area contributed by atoms with Crippen LogP contribution in [0.5, 0.6) is 0 Å². The predicted octanol–water partition coefficient (Wildman–Crippen LogP) is 2.86. The maximum absolute atomic E-state index is 12.5. The summed E-state index contributed by atoms with van der Waals surface area (Å²) in [5.74, 6) is -0.559. The summed E-state index contributed by atoms with van der Waals surface area (Å²) in [6, 6.07) is 16.1. The zero-order valence-corrected chi connectivity index (χ0v) is 16.7. The third-order valence-corrected chi connectivity index (χ3v) is 4.83. The number of hydrogen-bond donors (Lipinski definition) is 2. The first kappa shape index (κ1) is 21.9. The second kappa shape index (κ2) is 10.2. The Bertz CT molecular complexity index is 777. The molecule has 1 fully saturated rings. The summed E-state index contributed by atoms with van der Waals surface area (Å²) in [7, 11) is 0. The highest BCUT2D eigenvalue weighted by atomic mass is 35.5. The molecule has 0 saturated carbocycles. The summed E-state index contributed by atoms with van der Waals surface area (Å²) in [6.07, 6.45) is 0. The van der Waals surface area contributed by atoms with E-state index in [0.29, 0.717) is 37.6 Å². The van der Waals surface area contributed by atoms with Gasteiger partial charge < -0.3 is 20.7 Å². The first-order valence-corrected chi connectivity index (χ1v) is 9.15. The summed E-state index contributed by atoms with van der Waals surface area (Å²) in [5, 5.41) is 2.87. The number of halogens is 1. The molecule has 1 aliphatic rings. The van der Waals surface area contributed by atoms with E-state index in [1.165, 1.54) is 0 Å². The summed E-state index contributed by atoms with van der Waals surface area (Å²) in [6.45, 7) is 4.15. The molecule has 0 aliphatic carbocycles. The molecular weight excluding hydrogens is 378 g/mol. The Morgan fingerprint density at radius 3 is 2.25 bits per heavy atom. The van der Waals surface area contributed by atoms with Crippen LogP contribution in [0.15, 0.2) is 54.6 Å². The van der Waals surface area contributed by atoms with Gasteiger partial charge in [-0.2, -0.15) is 0 Å². The zero-order chi connectivity index (χ0) is 19.2. The minimum atomic E-state index is -0.387. The van der Waals surface area contributed by atoms with Crippen LogP contribution in [0.25, 0.3) is 0 Å². The number of morpholine rings is 1. The van der Waals surface area contributed by atoms with E-state index < -0.39 is 0 Å². The van der Waals surface area contributed by atoms with E-state index in [0.717, 1.165) is 5.56 Å². The van der Waals surface area contributed by atoms with E-state index in [1.807, 2.05) is 37.3 Å². The Morgan fingerprint density at radius 1 is 1.04 bits per heavy atom. The molecular formula is C21H26ClN3O3. The third kappa shape index (κ3) is 5.32. The molecule has 1 heterocycles. The van der Waals surface area contributed by atoms with Crippen molar-refractivity contribution in [2.45, 2.75) is 13.0 Å². The first-order chi connectivity index (χ1) is 13.1. The molecule has 1 aliphatic heterocycles. The minimum Gasteiger partial charge on any atom is -0.378 e. The Labute approximate surface area is 171 Å². The van der Waals surface area contributed by atoms with Crippen LogP contribution in [-0.4, -0.2) is 43.0 Å². The van der Waals surface area contributed by atoms with E-state index in [9.17, 15) is 9.59 Å². The lowest BCUT2D eigenvalue weighted by molar-refractivity contribution is -0.120. The van der Waals surface area contributed by atoms with E-state index in [4.69, 9.17) is 10.5 Å². The molecule has 0 spiro atoms. The van der Waals surface area contributed by atoms with Crippen LogP contribution in [0.1, 0.15) is 28.9 Å². The molecule has 2 atom stereocenters. The highest BCUT2D eigenvalue weighted by Gasteiger charge is 2.22. The van der Waals surface area contributed by atoms with Crippen LogP contribution in [0.3, 0.4) is 0 Å². The fourth-order valence-corrected chi connectivity index (χ4v) is 3.03. The van der Waals surface area contributed by atoms with Crippen LogP contribution >= 0.6 is 12.4 Å². The maximum Gasteiger partial charge on any atom is 0.254 e. The molecule has 2 unspecified atom stereocenters. The standard InChI is InChI=1S/C21H25N3O3.ClH/c1-15(19(22)16-5-3-2-4-6-16)20(25)23-18-9-7-17(8-10-18)21(26)24-11-13-27-14-12-24;/h2-10,15,19H,11-14,22H2,1H3,(H,23,25);1H. The van der Waals surface area contributed by atoms with Gasteiger partial charge in [0.2, 0.25) is 5.91 Å². The molecule has 2 amide bonds. The fraction of sp³-hybridized carbons (Fsp3) is 0.333. The predicted molar refractivity (Wildman–Crippen MR) is 112 cm³/mol. The van der Waals surface area contributed by atoms with Crippen molar-refractivity contribution < 1.29 is 14.3 Å². The van der Waals surface area contributed by atoms with Gasteiger partial charge in [-0.15, -0.1) is 12.4 Å². The van der Waals surface area contributed by atoms with Crippen molar-refractivity contribution >= 4 is 29.9 Å². The number of anilines is 1. The highest BCUT2D eigenvalue weighted by Crippen LogP contribution is 2.21. The van der Waals surface area contributed by atoms with Gasteiger partial charge in [0, 0.05) is 30.4 Å². The van der Waals surface area contributed by atoms with E-state index in [2.05, 4.69) is 5.32 Å². The average Bonchev–Trinajstić information content (AvgIpc) is 2.74.